The first kappa shape index (κ1) is 17.2. The maximum atomic E-state index is 12.3. The molecule has 2 rings (SSSR count). The van der Waals surface area contributed by atoms with Gasteiger partial charge in [-0.3, -0.25) is 4.79 Å². The first-order valence-corrected chi connectivity index (χ1v) is 7.74. The van der Waals surface area contributed by atoms with Gasteiger partial charge in [-0.05, 0) is 49.7 Å². The van der Waals surface area contributed by atoms with Gasteiger partial charge in [0.25, 0.3) is 5.91 Å². The molecule has 0 aliphatic heterocycles. The maximum absolute atomic E-state index is 12.3. The summed E-state index contributed by atoms with van der Waals surface area (Å²) >= 11 is 5.90. The highest BCUT2D eigenvalue weighted by molar-refractivity contribution is 6.30. The van der Waals surface area contributed by atoms with Gasteiger partial charge in [0, 0.05) is 11.6 Å². The van der Waals surface area contributed by atoms with Crippen LogP contribution in [0.3, 0.4) is 0 Å². The van der Waals surface area contributed by atoms with Crippen LogP contribution in [0.5, 0.6) is 11.5 Å². The molecule has 0 spiro atoms. The maximum Gasteiger partial charge on any atom is 0.255 e. The van der Waals surface area contributed by atoms with Crippen LogP contribution >= 0.6 is 11.6 Å². The summed E-state index contributed by atoms with van der Waals surface area (Å²) in [5.74, 6) is 1.06. The minimum atomic E-state index is -0.207. The van der Waals surface area contributed by atoms with Crippen molar-refractivity contribution in [3.63, 3.8) is 0 Å². The Balaban J connectivity index is 1.99. The standard InChI is InChI=1S/C18H20ClNO3/c1-12(2)23-15-7-4-13(5-8-15)11-20-18(21)16-9-6-14(19)10-17(16)22-3/h4-10,12H,11H2,1-3H3,(H,20,21). The zero-order chi connectivity index (χ0) is 16.8. The molecule has 2 aromatic carbocycles. The smallest absolute Gasteiger partial charge is 0.255 e. The summed E-state index contributed by atoms with van der Waals surface area (Å²) in [5, 5.41) is 3.39. The molecule has 0 aromatic heterocycles. The number of rotatable bonds is 6. The van der Waals surface area contributed by atoms with Crippen molar-refractivity contribution in [3.8, 4) is 11.5 Å². The third kappa shape index (κ3) is 4.89. The summed E-state index contributed by atoms with van der Waals surface area (Å²) in [7, 11) is 1.51. The van der Waals surface area contributed by atoms with Crippen molar-refractivity contribution in [2.24, 2.45) is 0 Å². The molecule has 122 valence electrons. The SMILES string of the molecule is COc1cc(Cl)ccc1C(=O)NCc1ccc(OC(C)C)cc1. The van der Waals surface area contributed by atoms with Crippen LogP contribution in [0.1, 0.15) is 29.8 Å². The van der Waals surface area contributed by atoms with Gasteiger partial charge in [-0.2, -0.15) is 0 Å². The van der Waals surface area contributed by atoms with Crippen molar-refractivity contribution in [2.75, 3.05) is 7.11 Å². The van der Waals surface area contributed by atoms with Gasteiger partial charge in [-0.15, -0.1) is 0 Å². The number of amides is 1. The monoisotopic (exact) mass is 333 g/mol. The largest absolute Gasteiger partial charge is 0.496 e. The van der Waals surface area contributed by atoms with E-state index in [1.165, 1.54) is 7.11 Å². The summed E-state index contributed by atoms with van der Waals surface area (Å²) in [4.78, 5) is 12.3. The van der Waals surface area contributed by atoms with Crippen molar-refractivity contribution in [3.05, 3.63) is 58.6 Å². The van der Waals surface area contributed by atoms with E-state index >= 15 is 0 Å². The number of hydrogen-bond donors (Lipinski definition) is 1. The van der Waals surface area contributed by atoms with E-state index < -0.39 is 0 Å². The van der Waals surface area contributed by atoms with Gasteiger partial charge < -0.3 is 14.8 Å². The molecule has 0 aliphatic carbocycles. The second kappa shape index (κ2) is 7.88. The van der Waals surface area contributed by atoms with E-state index in [9.17, 15) is 4.79 Å². The van der Waals surface area contributed by atoms with Gasteiger partial charge in [0.15, 0.2) is 0 Å². The van der Waals surface area contributed by atoms with E-state index in [0.29, 0.717) is 22.9 Å². The molecule has 4 nitrogen and oxygen atoms in total. The molecule has 0 atom stereocenters. The van der Waals surface area contributed by atoms with Crippen molar-refractivity contribution < 1.29 is 14.3 Å². The van der Waals surface area contributed by atoms with Gasteiger partial charge in [-0.25, -0.2) is 0 Å². The Labute approximate surface area is 141 Å². The van der Waals surface area contributed by atoms with Crippen LogP contribution in [-0.2, 0) is 6.54 Å². The highest BCUT2D eigenvalue weighted by Crippen LogP contribution is 2.23. The highest BCUT2D eigenvalue weighted by Gasteiger charge is 2.12. The van der Waals surface area contributed by atoms with Crippen LogP contribution in [0.4, 0.5) is 0 Å². The Hall–Kier alpha value is -2.20. The normalized spacial score (nSPS) is 10.5. The molecule has 0 saturated carbocycles. The first-order chi connectivity index (χ1) is 11.0. The molecule has 2 aromatic rings. The zero-order valence-electron chi connectivity index (χ0n) is 13.4. The summed E-state index contributed by atoms with van der Waals surface area (Å²) in [6.45, 7) is 4.38. The fourth-order valence-electron chi connectivity index (χ4n) is 2.09. The van der Waals surface area contributed by atoms with Gasteiger partial charge in [0.1, 0.15) is 11.5 Å². The summed E-state index contributed by atoms with van der Waals surface area (Å²) in [6.07, 6.45) is 0.137. The first-order valence-electron chi connectivity index (χ1n) is 7.37. The van der Waals surface area contributed by atoms with Crippen molar-refractivity contribution in [1.29, 1.82) is 0 Å². The van der Waals surface area contributed by atoms with Crippen LogP contribution in [0.25, 0.3) is 0 Å². The fraction of sp³-hybridized carbons (Fsp3) is 0.278. The number of hydrogen-bond acceptors (Lipinski definition) is 3. The fourth-order valence-corrected chi connectivity index (χ4v) is 2.25. The lowest BCUT2D eigenvalue weighted by Crippen LogP contribution is -2.23. The molecular weight excluding hydrogens is 314 g/mol. The summed E-state index contributed by atoms with van der Waals surface area (Å²) in [6, 6.07) is 12.6. The van der Waals surface area contributed by atoms with E-state index in [2.05, 4.69) is 5.32 Å². The molecule has 1 N–H and O–H groups in total. The third-order valence-corrected chi connectivity index (χ3v) is 3.39. The number of carbonyl (C=O) groups is 1. The van der Waals surface area contributed by atoms with E-state index in [0.717, 1.165) is 11.3 Å². The molecule has 0 heterocycles. The Morgan fingerprint density at radius 2 is 1.87 bits per heavy atom. The van der Waals surface area contributed by atoms with Gasteiger partial charge in [-0.1, -0.05) is 23.7 Å². The molecule has 0 aliphatic rings. The van der Waals surface area contributed by atoms with E-state index in [1.807, 2.05) is 38.1 Å². The predicted molar refractivity (Wildman–Crippen MR) is 91.4 cm³/mol. The Morgan fingerprint density at radius 3 is 2.48 bits per heavy atom. The van der Waals surface area contributed by atoms with Gasteiger partial charge >= 0.3 is 0 Å². The molecule has 1 amide bonds. The number of benzene rings is 2. The van der Waals surface area contributed by atoms with Crippen LogP contribution in [0.2, 0.25) is 5.02 Å². The average molecular weight is 334 g/mol. The molecule has 23 heavy (non-hydrogen) atoms. The van der Waals surface area contributed by atoms with Crippen molar-refractivity contribution in [2.45, 2.75) is 26.5 Å². The number of halogens is 1. The molecule has 5 heteroatoms. The molecule has 0 saturated heterocycles. The Morgan fingerprint density at radius 1 is 1.17 bits per heavy atom. The van der Waals surface area contributed by atoms with E-state index in [4.69, 9.17) is 21.1 Å². The summed E-state index contributed by atoms with van der Waals surface area (Å²) < 4.78 is 10.8. The van der Waals surface area contributed by atoms with Crippen LogP contribution in [-0.4, -0.2) is 19.1 Å². The molecule has 0 bridgehead atoms. The van der Waals surface area contributed by atoms with E-state index in [-0.39, 0.29) is 12.0 Å². The number of nitrogens with one attached hydrogen (secondary N) is 1. The molecular formula is C18H20ClNO3. The number of carbonyl (C=O) groups excluding carboxylic acids is 1. The van der Waals surface area contributed by atoms with Crippen molar-refractivity contribution >= 4 is 17.5 Å². The number of ether oxygens (including phenoxy) is 2. The quantitative estimate of drug-likeness (QED) is 0.867. The van der Waals surface area contributed by atoms with Crippen LogP contribution < -0.4 is 14.8 Å². The molecule has 0 unspecified atom stereocenters. The number of methoxy groups -OCH3 is 1. The van der Waals surface area contributed by atoms with E-state index in [1.54, 1.807) is 18.2 Å². The zero-order valence-corrected chi connectivity index (χ0v) is 14.2. The van der Waals surface area contributed by atoms with Crippen molar-refractivity contribution in [1.82, 2.24) is 5.32 Å². The molecule has 0 radical (unpaired) electrons. The lowest BCUT2D eigenvalue weighted by atomic mass is 10.1. The predicted octanol–water partition coefficient (Wildman–Crippen LogP) is 4.07. The summed E-state index contributed by atoms with van der Waals surface area (Å²) in [5.41, 5.74) is 1.44. The minimum absolute atomic E-state index is 0.137. The Bertz CT molecular complexity index is 668. The van der Waals surface area contributed by atoms with Gasteiger partial charge in [0.05, 0.1) is 18.8 Å². The second-order valence-electron chi connectivity index (χ2n) is 5.34. The Kier molecular flexibility index (Phi) is 5.88. The highest BCUT2D eigenvalue weighted by atomic mass is 35.5. The lowest BCUT2D eigenvalue weighted by molar-refractivity contribution is 0.0948. The topological polar surface area (TPSA) is 47.6 Å². The molecule has 0 fully saturated rings. The van der Waals surface area contributed by atoms with Crippen LogP contribution in [0.15, 0.2) is 42.5 Å². The lowest BCUT2D eigenvalue weighted by Gasteiger charge is -2.11. The minimum Gasteiger partial charge on any atom is -0.496 e. The second-order valence-corrected chi connectivity index (χ2v) is 5.77. The average Bonchev–Trinajstić information content (AvgIpc) is 2.53. The van der Waals surface area contributed by atoms with Crippen LogP contribution in [0, 0.1) is 0 Å². The van der Waals surface area contributed by atoms with Gasteiger partial charge in [0.2, 0.25) is 0 Å². The third-order valence-electron chi connectivity index (χ3n) is 3.16.